The summed E-state index contributed by atoms with van der Waals surface area (Å²) < 4.78 is 40.6. The first-order valence-corrected chi connectivity index (χ1v) is 6.18. The molecule has 1 aromatic carbocycles. The van der Waals surface area contributed by atoms with Crippen LogP contribution in [0.2, 0.25) is 0 Å². The Kier molecular flexibility index (Phi) is 6.08. The Morgan fingerprint density at radius 2 is 1.38 bits per heavy atom. The van der Waals surface area contributed by atoms with Gasteiger partial charge in [0.05, 0.1) is 6.92 Å². The van der Waals surface area contributed by atoms with Crippen LogP contribution >= 0.6 is 0 Å². The van der Waals surface area contributed by atoms with Gasteiger partial charge in [0.2, 0.25) is 0 Å². The fourth-order valence-electron chi connectivity index (χ4n) is 1.62. The molecule has 0 saturated carbocycles. The number of benzene rings is 1. The normalized spacial score (nSPS) is 10.5. The van der Waals surface area contributed by atoms with Gasteiger partial charge in [-0.05, 0) is 17.5 Å². The zero-order valence-electron chi connectivity index (χ0n) is 11.3. The van der Waals surface area contributed by atoms with Crippen LogP contribution in [0.25, 0.3) is 0 Å². The summed E-state index contributed by atoms with van der Waals surface area (Å²) in [6.07, 6.45) is 4.51. The topological polar surface area (TPSA) is 20.9 Å². The van der Waals surface area contributed by atoms with Crippen LogP contribution in [0.1, 0.15) is 22.8 Å². The predicted molar refractivity (Wildman–Crippen MR) is 72.4 cm³/mol. The van der Waals surface area contributed by atoms with Crippen molar-refractivity contribution in [2.24, 2.45) is 0 Å². The number of hydrogen-bond donors (Lipinski definition) is 0. The fraction of sp³-hybridized carbons (Fsp3) is 0.143. The molecule has 112 valence electrons. The number of nitrogens with zero attached hydrogens (tertiary/aromatic N) is 1. The van der Waals surface area contributed by atoms with Crippen molar-refractivity contribution in [1.82, 2.24) is 0 Å². The van der Waals surface area contributed by atoms with Gasteiger partial charge >= 0.3 is 13.2 Å². The van der Waals surface area contributed by atoms with Gasteiger partial charge < -0.3 is 17.3 Å². The van der Waals surface area contributed by atoms with E-state index >= 15 is 0 Å². The number of carbonyl (C=O) groups excluding carboxylic acids is 1. The first-order chi connectivity index (χ1) is 9.75. The average molecular weight is 299 g/mol. The van der Waals surface area contributed by atoms with Crippen molar-refractivity contribution in [3.8, 4) is 0 Å². The zero-order chi connectivity index (χ0) is 15.9. The minimum Gasteiger partial charge on any atom is -0.418 e. The van der Waals surface area contributed by atoms with Crippen LogP contribution in [0.5, 0.6) is 0 Å². The lowest BCUT2D eigenvalue weighted by atomic mass is 10.1. The minimum absolute atomic E-state index is 0.0336. The quantitative estimate of drug-likeness (QED) is 0.472. The maximum atomic E-state index is 11.1. The number of halogens is 4. The van der Waals surface area contributed by atoms with Gasteiger partial charge in [-0.3, -0.25) is 0 Å². The molecule has 0 unspecified atom stereocenters. The standard InChI is InChI=1S/C14H14NO.BF4/c1-12(16)15-9-7-14(8-10-15)11-13-5-3-2-4-6-13;2-1(3,4)5/h2-10H,11H2,1H3;/q+1;-1. The van der Waals surface area contributed by atoms with E-state index in [9.17, 15) is 22.1 Å². The van der Waals surface area contributed by atoms with E-state index in [0.29, 0.717) is 0 Å². The highest BCUT2D eigenvalue weighted by atomic mass is 19.5. The van der Waals surface area contributed by atoms with Gasteiger partial charge in [-0.15, -0.1) is 4.57 Å². The molecule has 0 amide bonds. The first kappa shape index (κ1) is 16.9. The van der Waals surface area contributed by atoms with Crippen LogP contribution in [-0.2, 0) is 6.42 Å². The summed E-state index contributed by atoms with van der Waals surface area (Å²) in [4.78, 5) is 11.1. The highest BCUT2D eigenvalue weighted by molar-refractivity contribution is 6.50. The van der Waals surface area contributed by atoms with Crippen molar-refractivity contribution in [1.29, 1.82) is 0 Å². The summed E-state index contributed by atoms with van der Waals surface area (Å²) in [5.41, 5.74) is 2.49. The lowest BCUT2D eigenvalue weighted by Gasteiger charge is -1.99. The molecule has 0 atom stereocenters. The second-order valence-corrected chi connectivity index (χ2v) is 4.29. The number of carbonyl (C=O) groups is 1. The van der Waals surface area contributed by atoms with Crippen LogP contribution in [0.3, 0.4) is 0 Å². The molecule has 0 spiro atoms. The van der Waals surface area contributed by atoms with Gasteiger partial charge in [0.1, 0.15) is 0 Å². The zero-order valence-corrected chi connectivity index (χ0v) is 11.3. The van der Waals surface area contributed by atoms with E-state index in [-0.39, 0.29) is 5.91 Å². The Morgan fingerprint density at radius 3 is 1.81 bits per heavy atom. The summed E-state index contributed by atoms with van der Waals surface area (Å²) in [6, 6.07) is 14.3. The fourth-order valence-corrected chi connectivity index (χ4v) is 1.62. The van der Waals surface area contributed by atoms with E-state index < -0.39 is 7.25 Å². The van der Waals surface area contributed by atoms with Crippen LogP contribution in [0.4, 0.5) is 17.3 Å². The Balaban J connectivity index is 0.000000383. The van der Waals surface area contributed by atoms with Crippen molar-refractivity contribution in [2.75, 3.05) is 0 Å². The molecule has 1 heterocycles. The molecule has 0 saturated heterocycles. The molecular weight excluding hydrogens is 285 g/mol. The van der Waals surface area contributed by atoms with Gasteiger partial charge in [0, 0.05) is 12.1 Å². The Hall–Kier alpha value is -2.18. The van der Waals surface area contributed by atoms with Crippen molar-refractivity contribution in [3.63, 3.8) is 0 Å². The molecule has 0 N–H and O–H groups in total. The van der Waals surface area contributed by atoms with E-state index in [2.05, 4.69) is 12.1 Å². The third-order valence-corrected chi connectivity index (χ3v) is 2.51. The van der Waals surface area contributed by atoms with Gasteiger partial charge in [-0.1, -0.05) is 30.3 Å². The first-order valence-electron chi connectivity index (χ1n) is 6.18. The molecule has 0 radical (unpaired) electrons. The summed E-state index contributed by atoms with van der Waals surface area (Å²) in [7, 11) is -6.00. The van der Waals surface area contributed by atoms with Gasteiger partial charge in [0.25, 0.3) is 0 Å². The SMILES string of the molecule is CC(=O)[n+]1ccc(Cc2ccccc2)cc1.F[B-](F)(F)F. The van der Waals surface area contributed by atoms with E-state index in [1.165, 1.54) is 11.1 Å². The molecule has 0 fully saturated rings. The molecule has 1 aromatic heterocycles. The molecule has 21 heavy (non-hydrogen) atoms. The van der Waals surface area contributed by atoms with E-state index in [0.717, 1.165) is 6.42 Å². The second-order valence-electron chi connectivity index (χ2n) is 4.29. The number of hydrogen-bond acceptors (Lipinski definition) is 1. The maximum absolute atomic E-state index is 11.1. The van der Waals surface area contributed by atoms with Crippen molar-refractivity contribution < 1.29 is 26.6 Å². The molecule has 0 aliphatic rings. The Morgan fingerprint density at radius 1 is 0.952 bits per heavy atom. The van der Waals surface area contributed by atoms with E-state index in [1.54, 1.807) is 23.9 Å². The van der Waals surface area contributed by atoms with Crippen molar-refractivity contribution in [3.05, 3.63) is 66.0 Å². The summed E-state index contributed by atoms with van der Waals surface area (Å²) in [5, 5.41) is 0. The molecule has 2 nitrogen and oxygen atoms in total. The second kappa shape index (κ2) is 7.57. The van der Waals surface area contributed by atoms with Crippen LogP contribution in [0.15, 0.2) is 54.9 Å². The smallest absolute Gasteiger partial charge is 0.418 e. The summed E-state index contributed by atoms with van der Waals surface area (Å²) in [5.74, 6) is 0.0336. The van der Waals surface area contributed by atoms with Crippen molar-refractivity contribution >= 4 is 13.2 Å². The third kappa shape index (κ3) is 7.86. The Labute approximate surface area is 120 Å². The van der Waals surface area contributed by atoms with Gasteiger partial charge in [0.15, 0.2) is 12.4 Å². The minimum atomic E-state index is -6.00. The predicted octanol–water partition coefficient (Wildman–Crippen LogP) is 3.53. The number of pyridine rings is 1. The molecule has 0 aliphatic carbocycles. The van der Waals surface area contributed by atoms with Gasteiger partial charge in [-0.2, -0.15) is 0 Å². The lowest BCUT2D eigenvalue weighted by Crippen LogP contribution is -2.39. The Bertz CT molecular complexity index is 564. The number of rotatable bonds is 2. The number of aromatic nitrogens is 1. The molecule has 2 aromatic rings. The highest BCUT2D eigenvalue weighted by Crippen LogP contribution is 2.07. The third-order valence-electron chi connectivity index (χ3n) is 2.51. The lowest BCUT2D eigenvalue weighted by molar-refractivity contribution is -0.572. The van der Waals surface area contributed by atoms with Gasteiger partial charge in [-0.25, -0.2) is 4.79 Å². The van der Waals surface area contributed by atoms with E-state index in [4.69, 9.17) is 0 Å². The average Bonchev–Trinajstić information content (AvgIpc) is 2.38. The molecule has 0 bridgehead atoms. The molecule has 7 heteroatoms. The molecular formula is C14H14BF4NO. The maximum Gasteiger partial charge on any atom is 0.673 e. The monoisotopic (exact) mass is 299 g/mol. The largest absolute Gasteiger partial charge is 0.673 e. The van der Waals surface area contributed by atoms with E-state index in [1.807, 2.05) is 30.3 Å². The highest BCUT2D eigenvalue weighted by Gasteiger charge is 2.20. The molecule has 0 aliphatic heterocycles. The summed E-state index contributed by atoms with van der Waals surface area (Å²) >= 11 is 0. The summed E-state index contributed by atoms with van der Waals surface area (Å²) in [6.45, 7) is 1.55. The van der Waals surface area contributed by atoms with Crippen molar-refractivity contribution in [2.45, 2.75) is 13.3 Å². The van der Waals surface area contributed by atoms with Crippen LogP contribution in [0, 0.1) is 0 Å². The molecule has 2 rings (SSSR count). The van der Waals surface area contributed by atoms with Crippen LogP contribution < -0.4 is 4.57 Å². The van der Waals surface area contributed by atoms with Crippen LogP contribution in [-0.4, -0.2) is 13.2 Å².